The molecule has 0 unspecified atom stereocenters. The first kappa shape index (κ1) is 14.1. The fraction of sp³-hybridized carbons (Fsp3) is 0.714. The third-order valence-corrected chi connectivity index (χ3v) is 3.37. The molecule has 5 nitrogen and oxygen atoms in total. The van der Waals surface area contributed by atoms with Gasteiger partial charge in [-0.25, -0.2) is 4.98 Å². The summed E-state index contributed by atoms with van der Waals surface area (Å²) in [4.78, 5) is 18.6. The topological polar surface area (TPSA) is 67.0 Å². The van der Waals surface area contributed by atoms with Gasteiger partial charge in [0.05, 0.1) is 12.7 Å². The molecule has 0 amide bonds. The van der Waals surface area contributed by atoms with Crippen molar-refractivity contribution in [2.45, 2.75) is 51.6 Å². The van der Waals surface area contributed by atoms with Crippen LogP contribution in [0.2, 0.25) is 0 Å². The quantitative estimate of drug-likeness (QED) is 0.774. The Hall–Kier alpha value is -1.36. The molecular formula is C14H23N3O2. The number of aromatic nitrogens is 2. The summed E-state index contributed by atoms with van der Waals surface area (Å²) < 4.78 is 5.76. The summed E-state index contributed by atoms with van der Waals surface area (Å²) in [6.45, 7) is 5.36. The molecule has 1 aromatic rings. The molecule has 0 aliphatic heterocycles. The highest BCUT2D eigenvalue weighted by atomic mass is 16.5. The van der Waals surface area contributed by atoms with Gasteiger partial charge in [-0.3, -0.25) is 4.79 Å². The average Bonchev–Trinajstić information content (AvgIpc) is 2.87. The molecule has 1 heterocycles. The Morgan fingerprint density at radius 1 is 1.47 bits per heavy atom. The van der Waals surface area contributed by atoms with Gasteiger partial charge in [-0.05, 0) is 12.8 Å². The smallest absolute Gasteiger partial charge is 0.252 e. The first-order valence-corrected chi connectivity index (χ1v) is 7.12. The third kappa shape index (κ3) is 4.35. The van der Waals surface area contributed by atoms with E-state index in [0.717, 1.165) is 0 Å². The van der Waals surface area contributed by atoms with E-state index in [4.69, 9.17) is 4.74 Å². The van der Waals surface area contributed by atoms with Crippen molar-refractivity contribution < 1.29 is 4.74 Å². The Kier molecular flexibility index (Phi) is 4.96. The predicted octanol–water partition coefficient (Wildman–Crippen LogP) is 2.26. The van der Waals surface area contributed by atoms with Gasteiger partial charge >= 0.3 is 0 Å². The Labute approximate surface area is 113 Å². The number of H-pyrrole nitrogens is 1. The molecule has 1 aliphatic carbocycles. The third-order valence-electron chi connectivity index (χ3n) is 3.37. The lowest BCUT2D eigenvalue weighted by molar-refractivity contribution is 0.0658. The fourth-order valence-corrected chi connectivity index (χ4v) is 2.30. The Balaban J connectivity index is 1.80. The zero-order chi connectivity index (χ0) is 13.7. The normalized spacial score (nSPS) is 16.2. The van der Waals surface area contributed by atoms with Crippen LogP contribution in [0.5, 0.6) is 0 Å². The van der Waals surface area contributed by atoms with Crippen molar-refractivity contribution in [1.29, 1.82) is 0 Å². The summed E-state index contributed by atoms with van der Waals surface area (Å²) >= 11 is 0. The molecule has 0 atom stereocenters. The number of hydrogen-bond donors (Lipinski definition) is 2. The zero-order valence-corrected chi connectivity index (χ0v) is 11.7. The van der Waals surface area contributed by atoms with Gasteiger partial charge < -0.3 is 15.0 Å². The molecule has 1 aromatic heterocycles. The number of nitrogens with one attached hydrogen (secondary N) is 2. The lowest BCUT2D eigenvalue weighted by Gasteiger charge is -2.12. The molecule has 0 radical (unpaired) electrons. The van der Waals surface area contributed by atoms with Gasteiger partial charge in [0.15, 0.2) is 0 Å². The molecule has 1 aliphatic rings. The van der Waals surface area contributed by atoms with E-state index in [1.54, 1.807) is 0 Å². The first-order valence-electron chi connectivity index (χ1n) is 7.12. The van der Waals surface area contributed by atoms with Crippen molar-refractivity contribution in [3.63, 3.8) is 0 Å². The SMILES string of the molecule is CC(C)c1nc(NCCOC2CCCC2)cc(=O)[nH]1. The Bertz CT molecular complexity index is 450. The lowest BCUT2D eigenvalue weighted by Crippen LogP contribution is -2.18. The molecule has 2 rings (SSSR count). The molecule has 0 bridgehead atoms. The highest BCUT2D eigenvalue weighted by molar-refractivity contribution is 5.33. The summed E-state index contributed by atoms with van der Waals surface area (Å²) in [7, 11) is 0. The van der Waals surface area contributed by atoms with Crippen LogP contribution >= 0.6 is 0 Å². The predicted molar refractivity (Wildman–Crippen MR) is 75.6 cm³/mol. The van der Waals surface area contributed by atoms with Crippen molar-refractivity contribution in [3.8, 4) is 0 Å². The zero-order valence-electron chi connectivity index (χ0n) is 11.7. The number of ether oxygens (including phenoxy) is 1. The molecule has 1 saturated carbocycles. The number of anilines is 1. The van der Waals surface area contributed by atoms with Crippen LogP contribution in [0, 0.1) is 0 Å². The maximum Gasteiger partial charge on any atom is 0.252 e. The summed E-state index contributed by atoms with van der Waals surface area (Å²) in [6, 6.07) is 1.49. The van der Waals surface area contributed by atoms with Crippen LogP contribution in [0.1, 0.15) is 51.3 Å². The van der Waals surface area contributed by atoms with Crippen molar-refractivity contribution in [1.82, 2.24) is 9.97 Å². The van der Waals surface area contributed by atoms with Gasteiger partial charge in [-0.1, -0.05) is 26.7 Å². The van der Waals surface area contributed by atoms with Gasteiger partial charge in [0.25, 0.3) is 5.56 Å². The van der Waals surface area contributed by atoms with Crippen molar-refractivity contribution in [3.05, 3.63) is 22.2 Å². The minimum Gasteiger partial charge on any atom is -0.376 e. The van der Waals surface area contributed by atoms with Gasteiger partial charge in [-0.2, -0.15) is 0 Å². The van der Waals surface area contributed by atoms with Crippen LogP contribution in [0.15, 0.2) is 10.9 Å². The molecule has 2 N–H and O–H groups in total. The largest absolute Gasteiger partial charge is 0.376 e. The van der Waals surface area contributed by atoms with Crippen LogP contribution in [-0.4, -0.2) is 29.2 Å². The highest BCUT2D eigenvalue weighted by Crippen LogP contribution is 2.20. The number of hydrogen-bond acceptors (Lipinski definition) is 4. The molecule has 0 spiro atoms. The first-order chi connectivity index (χ1) is 9.15. The van der Waals surface area contributed by atoms with Crippen molar-refractivity contribution in [2.75, 3.05) is 18.5 Å². The van der Waals surface area contributed by atoms with Crippen LogP contribution in [-0.2, 0) is 4.74 Å². The van der Waals surface area contributed by atoms with Crippen LogP contribution in [0.4, 0.5) is 5.82 Å². The van der Waals surface area contributed by atoms with E-state index < -0.39 is 0 Å². The van der Waals surface area contributed by atoms with Crippen molar-refractivity contribution in [2.24, 2.45) is 0 Å². The van der Waals surface area contributed by atoms with E-state index in [2.05, 4.69) is 15.3 Å². The maximum atomic E-state index is 11.5. The summed E-state index contributed by atoms with van der Waals surface area (Å²) in [5.41, 5.74) is -0.113. The van der Waals surface area contributed by atoms with Gasteiger partial charge in [0.2, 0.25) is 0 Å². The summed E-state index contributed by atoms with van der Waals surface area (Å²) in [5.74, 6) is 1.55. The Morgan fingerprint density at radius 2 is 2.21 bits per heavy atom. The number of rotatable bonds is 6. The van der Waals surface area contributed by atoms with Crippen molar-refractivity contribution >= 4 is 5.82 Å². The van der Waals surface area contributed by atoms with Crippen LogP contribution < -0.4 is 10.9 Å². The number of aromatic amines is 1. The minimum absolute atomic E-state index is 0.113. The van der Waals surface area contributed by atoms with E-state index in [0.29, 0.717) is 30.9 Å². The van der Waals surface area contributed by atoms with E-state index >= 15 is 0 Å². The second-order valence-corrected chi connectivity index (χ2v) is 5.37. The molecule has 5 heteroatoms. The molecule has 106 valence electrons. The Morgan fingerprint density at radius 3 is 2.89 bits per heavy atom. The van der Waals surface area contributed by atoms with E-state index in [-0.39, 0.29) is 11.5 Å². The standard InChI is InChI=1S/C14H23N3O2/c1-10(2)14-16-12(9-13(18)17-14)15-7-8-19-11-5-3-4-6-11/h9-11H,3-8H2,1-2H3,(H2,15,16,17,18). The second kappa shape index (κ2) is 6.70. The van der Waals surface area contributed by atoms with E-state index in [1.807, 2.05) is 13.8 Å². The maximum absolute atomic E-state index is 11.5. The lowest BCUT2D eigenvalue weighted by atomic mass is 10.2. The van der Waals surface area contributed by atoms with Gasteiger partial charge in [0.1, 0.15) is 11.6 Å². The minimum atomic E-state index is -0.113. The monoisotopic (exact) mass is 265 g/mol. The molecule has 0 aromatic carbocycles. The summed E-state index contributed by atoms with van der Waals surface area (Å²) in [5, 5.41) is 3.15. The van der Waals surface area contributed by atoms with Crippen LogP contribution in [0.25, 0.3) is 0 Å². The molecule has 19 heavy (non-hydrogen) atoms. The summed E-state index contributed by atoms with van der Waals surface area (Å²) in [6.07, 6.45) is 5.36. The highest BCUT2D eigenvalue weighted by Gasteiger charge is 2.14. The van der Waals surface area contributed by atoms with Gasteiger partial charge in [-0.15, -0.1) is 0 Å². The fourth-order valence-electron chi connectivity index (χ4n) is 2.30. The van der Waals surface area contributed by atoms with Gasteiger partial charge in [0, 0.05) is 18.5 Å². The van der Waals surface area contributed by atoms with E-state index in [9.17, 15) is 4.79 Å². The molecular weight excluding hydrogens is 242 g/mol. The molecule has 1 fully saturated rings. The second-order valence-electron chi connectivity index (χ2n) is 5.37. The van der Waals surface area contributed by atoms with E-state index in [1.165, 1.54) is 31.7 Å². The molecule has 0 saturated heterocycles. The number of nitrogens with zero attached hydrogens (tertiary/aromatic N) is 1. The van der Waals surface area contributed by atoms with Crippen LogP contribution in [0.3, 0.4) is 0 Å². The average molecular weight is 265 g/mol.